The fourth-order valence-corrected chi connectivity index (χ4v) is 3.60. The van der Waals surface area contributed by atoms with Crippen molar-refractivity contribution in [3.63, 3.8) is 0 Å². The predicted octanol–water partition coefficient (Wildman–Crippen LogP) is 2.08. The van der Waals surface area contributed by atoms with Crippen LogP contribution in [0, 0.1) is 0 Å². The van der Waals surface area contributed by atoms with E-state index in [1.807, 2.05) is 11.3 Å². The van der Waals surface area contributed by atoms with Gasteiger partial charge in [-0.3, -0.25) is 0 Å². The van der Waals surface area contributed by atoms with Gasteiger partial charge in [-0.25, -0.2) is 0 Å². The van der Waals surface area contributed by atoms with Crippen molar-refractivity contribution >= 4 is 31.8 Å². The predicted molar refractivity (Wildman–Crippen MR) is 40.1 cm³/mol. The molecule has 0 saturated heterocycles. The first-order chi connectivity index (χ1) is 3.43. The molecule has 0 nitrogen and oxygen atoms in total. The van der Waals surface area contributed by atoms with Crippen molar-refractivity contribution in [1.29, 1.82) is 0 Å². The molecule has 0 bridgehead atoms. The van der Waals surface area contributed by atoms with Crippen LogP contribution in [-0.4, -0.2) is 0 Å². The van der Waals surface area contributed by atoms with Gasteiger partial charge in [-0.05, 0) is 0 Å². The van der Waals surface area contributed by atoms with Gasteiger partial charge in [0, 0.05) is 0 Å². The Morgan fingerprint density at radius 1 is 1.62 bits per heavy atom. The van der Waals surface area contributed by atoms with E-state index in [0.29, 0.717) is 0 Å². The summed E-state index contributed by atoms with van der Waals surface area (Å²) in [7, 11) is 0. The molecule has 0 aromatic carbocycles. The van der Waals surface area contributed by atoms with Gasteiger partial charge in [-0.15, -0.1) is 17.0 Å². The molecule has 0 aliphatic carbocycles. The van der Waals surface area contributed by atoms with E-state index in [2.05, 4.69) is 23.0 Å². The average Bonchev–Trinajstić information content (AvgIpc) is 2.14. The van der Waals surface area contributed by atoms with Crippen molar-refractivity contribution < 1.29 is 17.1 Å². The van der Waals surface area contributed by atoms with Gasteiger partial charge >= 0.3 is 55.0 Å². The van der Waals surface area contributed by atoms with Crippen LogP contribution in [0.2, 0.25) is 5.52 Å². The Balaban J connectivity index is 0.000000490. The first-order valence-electron chi connectivity index (χ1n) is 2.46. The third-order valence-corrected chi connectivity index (χ3v) is 6.17. The molecule has 0 N–H and O–H groups in total. The molecule has 1 heterocycles. The number of thiophene rings is 1. The Morgan fingerprint density at radius 3 is 2.62 bits per heavy atom. The normalized spacial score (nSPS) is 7.12. The second-order valence-corrected chi connectivity index (χ2v) is 6.62. The van der Waals surface area contributed by atoms with E-state index in [4.69, 9.17) is 0 Å². The summed E-state index contributed by atoms with van der Waals surface area (Å²) in [6.07, 6.45) is 0. The van der Waals surface area contributed by atoms with Gasteiger partial charge in [0.25, 0.3) is 0 Å². The summed E-state index contributed by atoms with van der Waals surface area (Å²) in [5.74, 6) is 0. The maximum absolute atomic E-state index is 2.36. The third kappa shape index (κ3) is 2.38. The molecular weight excluding hydrogens is 237 g/mol. The molecule has 1 aromatic heterocycles. The van der Waals surface area contributed by atoms with Crippen LogP contribution >= 0.6 is 28.3 Å². The van der Waals surface area contributed by atoms with Crippen molar-refractivity contribution in [3.05, 3.63) is 17.5 Å². The summed E-state index contributed by atoms with van der Waals surface area (Å²) < 4.78 is 1.66. The number of halogens is 1. The van der Waals surface area contributed by atoms with E-state index < -0.39 is 0 Å². The Kier molecular flexibility index (Phi) is 5.13. The fourth-order valence-electron chi connectivity index (χ4n) is 0.514. The van der Waals surface area contributed by atoms with Gasteiger partial charge in [0.15, 0.2) is 0 Å². The molecule has 0 aliphatic rings. The van der Waals surface area contributed by atoms with E-state index in [1.165, 1.54) is 0 Å². The molecule has 8 heavy (non-hydrogen) atoms. The quantitative estimate of drug-likeness (QED) is 0.664. The first-order valence-corrected chi connectivity index (χ1v) is 7.79. The Bertz CT molecular complexity index is 127. The van der Waals surface area contributed by atoms with Crippen LogP contribution in [0.5, 0.6) is 0 Å². The van der Waals surface area contributed by atoms with Crippen LogP contribution in [0.15, 0.2) is 17.5 Å². The van der Waals surface area contributed by atoms with E-state index >= 15 is 0 Å². The fraction of sp³-hybridized carbons (Fsp3) is 0.200. The zero-order valence-corrected chi connectivity index (χ0v) is 10.3. The van der Waals surface area contributed by atoms with Crippen LogP contribution in [0.3, 0.4) is 0 Å². The van der Waals surface area contributed by atoms with Crippen molar-refractivity contribution in [2.24, 2.45) is 0 Å². The van der Waals surface area contributed by atoms with Crippen LogP contribution in [0.4, 0.5) is 0 Å². The van der Waals surface area contributed by atoms with Crippen LogP contribution < -0.4 is 3.47 Å². The Hall–Kier alpha value is 0.803. The van der Waals surface area contributed by atoms with Gasteiger partial charge < -0.3 is 0 Å². The summed E-state index contributed by atoms with van der Waals surface area (Å²) in [6, 6.07) is 4.37. The second kappa shape index (κ2) is 4.66. The summed E-state index contributed by atoms with van der Waals surface area (Å²) in [5.41, 5.74) is 2.36. The van der Waals surface area contributed by atoms with Gasteiger partial charge in [0.05, 0.1) is 0 Å². The topological polar surface area (TPSA) is 0 Å². The second-order valence-electron chi connectivity index (χ2n) is 1.43. The van der Waals surface area contributed by atoms with Crippen molar-refractivity contribution in [2.45, 2.75) is 5.52 Å². The number of hydrogen-bond acceptors (Lipinski definition) is 1. The molecule has 0 atom stereocenters. The summed E-state index contributed by atoms with van der Waals surface area (Å²) in [5, 5.41) is 2.16. The third-order valence-electron chi connectivity index (χ3n) is 0.929. The van der Waals surface area contributed by atoms with Crippen LogP contribution in [0.25, 0.3) is 0 Å². The molecule has 0 spiro atoms. The molecule has 0 aliphatic heterocycles. The zero-order chi connectivity index (χ0) is 5.11. The first kappa shape index (κ1) is 8.80. The minimum atomic E-state index is -0.207. The molecule has 0 amide bonds. The average molecular weight is 244 g/mol. The van der Waals surface area contributed by atoms with Gasteiger partial charge in [-0.2, -0.15) is 0 Å². The molecular formula is C5H7BrSZn. The van der Waals surface area contributed by atoms with E-state index in [9.17, 15) is 0 Å². The SMILES string of the molecule is Br.[CH3][Zn][c]1cccs1. The van der Waals surface area contributed by atoms with Crippen LogP contribution in [-0.2, 0) is 17.1 Å². The van der Waals surface area contributed by atoms with Crippen molar-refractivity contribution in [2.75, 3.05) is 0 Å². The van der Waals surface area contributed by atoms with Gasteiger partial charge in [-0.1, -0.05) is 0 Å². The van der Waals surface area contributed by atoms with E-state index in [0.717, 1.165) is 0 Å². The van der Waals surface area contributed by atoms with Gasteiger partial charge in [0.2, 0.25) is 0 Å². The molecule has 0 unspecified atom stereocenters. The van der Waals surface area contributed by atoms with Crippen molar-refractivity contribution in [1.82, 2.24) is 0 Å². The molecule has 42 valence electrons. The summed E-state index contributed by atoms with van der Waals surface area (Å²) >= 11 is 1.70. The molecule has 0 saturated carbocycles. The van der Waals surface area contributed by atoms with E-state index in [1.54, 1.807) is 3.47 Å². The Morgan fingerprint density at radius 2 is 2.38 bits per heavy atom. The maximum atomic E-state index is 2.36. The molecule has 3 heteroatoms. The molecule has 1 rings (SSSR count). The van der Waals surface area contributed by atoms with Gasteiger partial charge in [0.1, 0.15) is 0 Å². The summed E-state index contributed by atoms with van der Waals surface area (Å²) in [4.78, 5) is 0. The number of rotatable bonds is 1. The Labute approximate surface area is 71.7 Å². The molecule has 0 fully saturated rings. The standard InChI is InChI=1S/C4H3S.CH3.BrH.Zn/c1-2-4-5-3-1;;;/h1-3H;1H3;1H;. The van der Waals surface area contributed by atoms with Crippen molar-refractivity contribution in [3.8, 4) is 0 Å². The van der Waals surface area contributed by atoms with E-state index in [-0.39, 0.29) is 34.1 Å². The van der Waals surface area contributed by atoms with Crippen LogP contribution in [0.1, 0.15) is 0 Å². The summed E-state index contributed by atoms with van der Waals surface area (Å²) in [6.45, 7) is 0. The zero-order valence-electron chi connectivity index (χ0n) is 4.76. The monoisotopic (exact) mass is 242 g/mol. The minimum absolute atomic E-state index is 0. The molecule has 1 aromatic rings. The molecule has 0 radical (unpaired) electrons. The number of hydrogen-bond donors (Lipinski definition) is 0.